The van der Waals surface area contributed by atoms with Crippen LogP contribution in [0.5, 0.6) is 0 Å². The molecule has 0 spiro atoms. The van der Waals surface area contributed by atoms with Gasteiger partial charge < -0.3 is 10.1 Å². The summed E-state index contributed by atoms with van der Waals surface area (Å²) >= 11 is 5.35. The van der Waals surface area contributed by atoms with Crippen molar-refractivity contribution in [3.05, 3.63) is 70.0 Å². The molecule has 0 fully saturated rings. The summed E-state index contributed by atoms with van der Waals surface area (Å²) < 4.78 is 7.87. The minimum Gasteiger partial charge on any atom is -0.377 e. The van der Waals surface area contributed by atoms with Crippen LogP contribution in [0, 0.1) is 11.7 Å². The number of hydrogen-bond acceptors (Lipinski definition) is 4. The lowest BCUT2D eigenvalue weighted by molar-refractivity contribution is -0.121. The summed E-state index contributed by atoms with van der Waals surface area (Å²) in [5, 5.41) is 10.1. The minimum absolute atomic E-state index is 0.0332. The number of carbonyl (C=O) groups is 1. The Hall–Kier alpha value is -2.77. The lowest BCUT2D eigenvalue weighted by Gasteiger charge is -2.11. The fourth-order valence-electron chi connectivity index (χ4n) is 3.03. The van der Waals surface area contributed by atoms with Crippen molar-refractivity contribution in [1.82, 2.24) is 20.1 Å². The number of ether oxygens (including phenoxy) is 1. The Balaban J connectivity index is 1.60. The molecule has 2 aromatic carbocycles. The third-order valence-electron chi connectivity index (χ3n) is 4.69. The summed E-state index contributed by atoms with van der Waals surface area (Å²) in [5.74, 6) is 0.707. The van der Waals surface area contributed by atoms with Crippen molar-refractivity contribution in [3.63, 3.8) is 0 Å². The maximum Gasteiger partial charge on any atom is 0.222 e. The fourth-order valence-corrected chi connectivity index (χ4v) is 3.25. The van der Waals surface area contributed by atoms with E-state index >= 15 is 0 Å². The van der Waals surface area contributed by atoms with Crippen molar-refractivity contribution in [2.75, 3.05) is 6.61 Å². The van der Waals surface area contributed by atoms with Gasteiger partial charge >= 0.3 is 0 Å². The Morgan fingerprint density at radius 2 is 1.90 bits per heavy atom. The number of H-pyrrole nitrogens is 1. The number of rotatable bonds is 9. The van der Waals surface area contributed by atoms with Crippen molar-refractivity contribution in [1.29, 1.82) is 0 Å². The Morgan fingerprint density at radius 1 is 1.17 bits per heavy atom. The maximum atomic E-state index is 12.4. The van der Waals surface area contributed by atoms with Crippen molar-refractivity contribution in [2.24, 2.45) is 0 Å². The standard InChI is InChI=1S/C22H26N4O2S/c1-3-28-15-19-7-5-4-6-18(19)14-23-20(27)12-13-26-21(24-25-22(26)29)17-10-8-16(2)9-11-17/h4-11H,3,12-15H2,1-2H3,(H,23,27)(H,25,29). The second-order valence-electron chi connectivity index (χ2n) is 6.80. The molecule has 0 aliphatic heterocycles. The molecule has 3 aromatic rings. The van der Waals surface area contributed by atoms with E-state index in [1.165, 1.54) is 5.56 Å². The molecular weight excluding hydrogens is 384 g/mol. The predicted octanol–water partition coefficient (Wildman–Crippen LogP) is 4.16. The van der Waals surface area contributed by atoms with Crippen LogP contribution < -0.4 is 5.32 Å². The number of aromatic amines is 1. The van der Waals surface area contributed by atoms with Crippen LogP contribution in [0.2, 0.25) is 0 Å². The van der Waals surface area contributed by atoms with Gasteiger partial charge in [-0.3, -0.25) is 14.5 Å². The van der Waals surface area contributed by atoms with E-state index in [1.54, 1.807) is 0 Å². The largest absolute Gasteiger partial charge is 0.377 e. The quantitative estimate of drug-likeness (QED) is 0.520. The lowest BCUT2D eigenvalue weighted by Crippen LogP contribution is -2.24. The van der Waals surface area contributed by atoms with Crippen LogP contribution in [-0.2, 0) is 29.2 Å². The van der Waals surface area contributed by atoms with Crippen LogP contribution in [0.15, 0.2) is 48.5 Å². The van der Waals surface area contributed by atoms with E-state index in [4.69, 9.17) is 17.0 Å². The van der Waals surface area contributed by atoms with E-state index in [2.05, 4.69) is 15.5 Å². The normalized spacial score (nSPS) is 10.8. The van der Waals surface area contributed by atoms with E-state index in [0.29, 0.717) is 37.5 Å². The Labute approximate surface area is 175 Å². The topological polar surface area (TPSA) is 71.9 Å². The minimum atomic E-state index is -0.0332. The molecule has 0 saturated heterocycles. The lowest BCUT2D eigenvalue weighted by atomic mass is 10.1. The first kappa shape index (κ1) is 21.0. The van der Waals surface area contributed by atoms with Crippen LogP contribution in [0.1, 0.15) is 30.0 Å². The van der Waals surface area contributed by atoms with Gasteiger partial charge in [0.25, 0.3) is 0 Å². The number of aromatic nitrogens is 3. The second-order valence-corrected chi connectivity index (χ2v) is 7.19. The number of benzene rings is 2. The summed E-state index contributed by atoms with van der Waals surface area (Å²) in [4.78, 5) is 12.4. The highest BCUT2D eigenvalue weighted by Crippen LogP contribution is 2.18. The van der Waals surface area contributed by atoms with Crippen molar-refractivity contribution in [2.45, 2.75) is 40.0 Å². The van der Waals surface area contributed by atoms with Gasteiger partial charge in [0.05, 0.1) is 6.61 Å². The highest BCUT2D eigenvalue weighted by atomic mass is 32.1. The average molecular weight is 411 g/mol. The Kier molecular flexibility index (Phi) is 7.32. The van der Waals surface area contributed by atoms with E-state index < -0.39 is 0 Å². The molecule has 0 aliphatic rings. The smallest absolute Gasteiger partial charge is 0.222 e. The molecule has 0 radical (unpaired) electrons. The number of nitrogens with zero attached hydrogens (tertiary/aromatic N) is 2. The van der Waals surface area contributed by atoms with Gasteiger partial charge in [-0.25, -0.2) is 0 Å². The third kappa shape index (κ3) is 5.62. The zero-order valence-electron chi connectivity index (χ0n) is 16.8. The van der Waals surface area contributed by atoms with Crippen LogP contribution in [0.3, 0.4) is 0 Å². The second kappa shape index (κ2) is 10.1. The van der Waals surface area contributed by atoms with E-state index in [9.17, 15) is 4.79 Å². The van der Waals surface area contributed by atoms with Gasteiger partial charge in [0, 0.05) is 31.7 Å². The van der Waals surface area contributed by atoms with E-state index in [0.717, 1.165) is 22.5 Å². The van der Waals surface area contributed by atoms with E-state index in [1.807, 2.05) is 66.9 Å². The van der Waals surface area contributed by atoms with Gasteiger partial charge in [-0.05, 0) is 37.2 Å². The molecule has 152 valence electrons. The molecule has 1 amide bonds. The first-order valence-corrected chi connectivity index (χ1v) is 10.1. The molecule has 0 atom stereocenters. The summed E-state index contributed by atoms with van der Waals surface area (Å²) in [6.45, 7) is 6.16. The fraction of sp³-hybridized carbons (Fsp3) is 0.318. The maximum absolute atomic E-state index is 12.4. The van der Waals surface area contributed by atoms with Crippen LogP contribution in [-0.4, -0.2) is 27.3 Å². The van der Waals surface area contributed by atoms with Crippen molar-refractivity contribution >= 4 is 18.1 Å². The molecule has 0 saturated carbocycles. The molecular formula is C22H26N4O2S. The SMILES string of the molecule is CCOCc1ccccc1CNC(=O)CCn1c(-c2ccc(C)cc2)n[nH]c1=S. The van der Waals surface area contributed by atoms with Crippen molar-refractivity contribution in [3.8, 4) is 11.4 Å². The van der Waals surface area contributed by atoms with Gasteiger partial charge in [0.1, 0.15) is 0 Å². The summed E-state index contributed by atoms with van der Waals surface area (Å²) in [5.41, 5.74) is 4.30. The zero-order valence-corrected chi connectivity index (χ0v) is 17.6. The molecule has 3 rings (SSSR count). The van der Waals surface area contributed by atoms with Crippen LogP contribution in [0.4, 0.5) is 0 Å². The molecule has 0 unspecified atom stereocenters. The highest BCUT2D eigenvalue weighted by molar-refractivity contribution is 7.71. The molecule has 1 aromatic heterocycles. The van der Waals surface area contributed by atoms with Crippen LogP contribution >= 0.6 is 12.2 Å². The first-order chi connectivity index (χ1) is 14.1. The van der Waals surface area contributed by atoms with Gasteiger partial charge in [-0.1, -0.05) is 54.1 Å². The average Bonchev–Trinajstić information content (AvgIpc) is 3.10. The summed E-state index contributed by atoms with van der Waals surface area (Å²) in [6.07, 6.45) is 0.320. The number of hydrogen-bond donors (Lipinski definition) is 2. The predicted molar refractivity (Wildman–Crippen MR) is 116 cm³/mol. The highest BCUT2D eigenvalue weighted by Gasteiger charge is 2.11. The molecule has 0 aliphatic carbocycles. The van der Waals surface area contributed by atoms with E-state index in [-0.39, 0.29) is 5.91 Å². The monoisotopic (exact) mass is 410 g/mol. The van der Waals surface area contributed by atoms with Gasteiger partial charge in [-0.2, -0.15) is 5.10 Å². The van der Waals surface area contributed by atoms with Gasteiger partial charge in [0.2, 0.25) is 5.91 Å². The molecule has 6 nitrogen and oxygen atoms in total. The Bertz CT molecular complexity index is 1010. The third-order valence-corrected chi connectivity index (χ3v) is 5.00. The summed E-state index contributed by atoms with van der Waals surface area (Å²) in [7, 11) is 0. The number of aryl methyl sites for hydroxylation is 1. The first-order valence-electron chi connectivity index (χ1n) is 9.72. The molecule has 0 bridgehead atoms. The zero-order chi connectivity index (χ0) is 20.6. The molecule has 29 heavy (non-hydrogen) atoms. The van der Waals surface area contributed by atoms with Crippen molar-refractivity contribution < 1.29 is 9.53 Å². The Morgan fingerprint density at radius 3 is 2.62 bits per heavy atom. The molecule has 1 heterocycles. The number of amides is 1. The van der Waals surface area contributed by atoms with Crippen LogP contribution in [0.25, 0.3) is 11.4 Å². The number of carbonyl (C=O) groups excluding carboxylic acids is 1. The molecule has 2 N–H and O–H groups in total. The van der Waals surface area contributed by atoms with Gasteiger partial charge in [0.15, 0.2) is 10.6 Å². The molecule has 7 heteroatoms. The summed E-state index contributed by atoms with van der Waals surface area (Å²) in [6, 6.07) is 16.1. The van der Waals surface area contributed by atoms with Gasteiger partial charge in [-0.15, -0.1) is 0 Å². The number of nitrogens with one attached hydrogen (secondary N) is 2.